The quantitative estimate of drug-likeness (QED) is 0.685. The van der Waals surface area contributed by atoms with E-state index in [0.717, 1.165) is 10.8 Å². The molecule has 28 heavy (non-hydrogen) atoms. The number of esters is 1. The predicted octanol–water partition coefficient (Wildman–Crippen LogP) is 3.37. The first-order chi connectivity index (χ1) is 13.6. The van der Waals surface area contributed by atoms with Crippen LogP contribution in [-0.2, 0) is 9.53 Å². The first kappa shape index (κ1) is 17.7. The summed E-state index contributed by atoms with van der Waals surface area (Å²) in [6, 6.07) is 16.1. The smallest absolute Gasteiger partial charge is 0.342 e. The van der Waals surface area contributed by atoms with Crippen molar-refractivity contribution in [2.24, 2.45) is 0 Å². The second-order valence-electron chi connectivity index (χ2n) is 6.09. The maximum absolute atomic E-state index is 12.5. The number of methoxy groups -OCH3 is 1. The number of fused-ring (bicyclic) bond motifs is 2. The van der Waals surface area contributed by atoms with E-state index < -0.39 is 18.5 Å². The molecule has 142 valence electrons. The van der Waals surface area contributed by atoms with E-state index in [0.29, 0.717) is 22.9 Å². The van der Waals surface area contributed by atoms with Crippen molar-refractivity contribution in [1.29, 1.82) is 0 Å². The van der Waals surface area contributed by atoms with Crippen molar-refractivity contribution in [3.8, 4) is 17.2 Å². The van der Waals surface area contributed by atoms with Crippen LogP contribution in [0.15, 0.2) is 54.6 Å². The molecule has 1 amide bonds. The van der Waals surface area contributed by atoms with Crippen molar-refractivity contribution in [3.63, 3.8) is 0 Å². The molecule has 7 heteroatoms. The van der Waals surface area contributed by atoms with Gasteiger partial charge in [-0.15, -0.1) is 0 Å². The summed E-state index contributed by atoms with van der Waals surface area (Å²) in [6.07, 6.45) is 0. The summed E-state index contributed by atoms with van der Waals surface area (Å²) in [5.74, 6) is 0.457. The Morgan fingerprint density at radius 2 is 1.75 bits per heavy atom. The van der Waals surface area contributed by atoms with Gasteiger partial charge < -0.3 is 24.3 Å². The zero-order valence-corrected chi connectivity index (χ0v) is 15.1. The molecule has 1 aliphatic heterocycles. The van der Waals surface area contributed by atoms with Gasteiger partial charge in [0.05, 0.1) is 7.11 Å². The van der Waals surface area contributed by atoms with Gasteiger partial charge in [-0.3, -0.25) is 4.79 Å². The number of carbonyl (C=O) groups excluding carboxylic acids is 2. The lowest BCUT2D eigenvalue weighted by Crippen LogP contribution is -2.21. The van der Waals surface area contributed by atoms with E-state index in [1.165, 1.54) is 7.11 Å². The van der Waals surface area contributed by atoms with Crippen LogP contribution in [-0.4, -0.2) is 32.4 Å². The number of rotatable bonds is 5. The van der Waals surface area contributed by atoms with Crippen LogP contribution in [0.3, 0.4) is 0 Å². The third-order valence-electron chi connectivity index (χ3n) is 4.28. The van der Waals surface area contributed by atoms with Crippen molar-refractivity contribution in [2.45, 2.75) is 0 Å². The van der Waals surface area contributed by atoms with Crippen molar-refractivity contribution in [2.75, 3.05) is 25.8 Å². The molecule has 0 radical (unpaired) electrons. The lowest BCUT2D eigenvalue weighted by atomic mass is 10.1. The summed E-state index contributed by atoms with van der Waals surface area (Å²) in [6.45, 7) is -0.277. The number of nitrogens with one attached hydrogen (secondary N) is 1. The highest BCUT2D eigenvalue weighted by molar-refractivity contribution is 6.00. The molecule has 0 spiro atoms. The molecule has 1 heterocycles. The standard InChI is InChI=1S/C21H17NO6/c1-25-18-9-14-5-3-2-4-13(14)8-16(18)21(24)26-11-20(23)22-15-6-7-17-19(10-15)28-12-27-17/h2-10H,11-12H2,1H3,(H,22,23). The second kappa shape index (κ2) is 7.48. The third kappa shape index (κ3) is 3.55. The molecule has 1 N–H and O–H groups in total. The Hall–Kier alpha value is -3.74. The molecule has 0 saturated carbocycles. The van der Waals surface area contributed by atoms with Gasteiger partial charge in [0.15, 0.2) is 18.1 Å². The minimum absolute atomic E-state index is 0.151. The molecule has 3 aromatic carbocycles. The summed E-state index contributed by atoms with van der Waals surface area (Å²) in [7, 11) is 1.48. The zero-order valence-electron chi connectivity index (χ0n) is 15.1. The molecule has 0 unspecified atom stereocenters. The van der Waals surface area contributed by atoms with Crippen molar-refractivity contribution in [1.82, 2.24) is 0 Å². The fourth-order valence-corrected chi connectivity index (χ4v) is 2.93. The maximum Gasteiger partial charge on any atom is 0.342 e. The first-order valence-electron chi connectivity index (χ1n) is 8.57. The number of hydrogen-bond acceptors (Lipinski definition) is 6. The van der Waals surface area contributed by atoms with Gasteiger partial charge in [-0.1, -0.05) is 24.3 Å². The van der Waals surface area contributed by atoms with Gasteiger partial charge >= 0.3 is 5.97 Å². The fourth-order valence-electron chi connectivity index (χ4n) is 2.93. The summed E-state index contributed by atoms with van der Waals surface area (Å²) in [5, 5.41) is 4.47. The molecule has 7 nitrogen and oxygen atoms in total. The van der Waals surface area contributed by atoms with Crippen LogP contribution in [0.1, 0.15) is 10.4 Å². The highest BCUT2D eigenvalue weighted by Gasteiger charge is 2.18. The Morgan fingerprint density at radius 1 is 1.00 bits per heavy atom. The van der Waals surface area contributed by atoms with Gasteiger partial charge in [-0.05, 0) is 35.0 Å². The first-order valence-corrected chi connectivity index (χ1v) is 8.57. The predicted molar refractivity (Wildman–Crippen MR) is 102 cm³/mol. The summed E-state index contributed by atoms with van der Waals surface area (Å²) in [5.41, 5.74) is 0.783. The Kier molecular flexibility index (Phi) is 4.72. The Morgan fingerprint density at radius 3 is 2.54 bits per heavy atom. The Labute approximate surface area is 160 Å². The van der Waals surface area contributed by atoms with E-state index >= 15 is 0 Å². The molecular formula is C21H17NO6. The van der Waals surface area contributed by atoms with Crippen LogP contribution in [0.4, 0.5) is 5.69 Å². The minimum atomic E-state index is -0.636. The molecule has 0 saturated heterocycles. The van der Waals surface area contributed by atoms with E-state index in [2.05, 4.69) is 5.32 Å². The van der Waals surface area contributed by atoms with Crippen LogP contribution in [0.5, 0.6) is 17.2 Å². The minimum Gasteiger partial charge on any atom is -0.496 e. The van der Waals surface area contributed by atoms with E-state index in [1.807, 2.05) is 24.3 Å². The lowest BCUT2D eigenvalue weighted by molar-refractivity contribution is -0.119. The van der Waals surface area contributed by atoms with E-state index in [9.17, 15) is 9.59 Å². The van der Waals surface area contributed by atoms with Crippen LogP contribution in [0, 0.1) is 0 Å². The van der Waals surface area contributed by atoms with Crippen LogP contribution >= 0.6 is 0 Å². The molecule has 0 fully saturated rings. The molecule has 0 bridgehead atoms. The van der Waals surface area contributed by atoms with Crippen LogP contribution in [0.2, 0.25) is 0 Å². The van der Waals surface area contributed by atoms with Crippen molar-refractivity contribution < 1.29 is 28.5 Å². The van der Waals surface area contributed by atoms with Gasteiger partial charge in [-0.25, -0.2) is 4.79 Å². The SMILES string of the molecule is COc1cc2ccccc2cc1C(=O)OCC(=O)Nc1ccc2c(c1)OCO2. The van der Waals surface area contributed by atoms with Crippen molar-refractivity contribution in [3.05, 3.63) is 60.2 Å². The number of benzene rings is 3. The maximum atomic E-state index is 12.5. The molecule has 0 aromatic heterocycles. The fraction of sp³-hybridized carbons (Fsp3) is 0.143. The number of carbonyl (C=O) groups is 2. The molecule has 3 aromatic rings. The molecule has 1 aliphatic rings. The Bertz CT molecular complexity index is 1060. The van der Waals surface area contributed by atoms with Gasteiger partial charge in [0.1, 0.15) is 11.3 Å². The number of hydrogen-bond donors (Lipinski definition) is 1. The monoisotopic (exact) mass is 379 g/mol. The molecular weight excluding hydrogens is 362 g/mol. The van der Waals surface area contributed by atoms with E-state index in [4.69, 9.17) is 18.9 Å². The van der Waals surface area contributed by atoms with Gasteiger partial charge in [-0.2, -0.15) is 0 Å². The van der Waals surface area contributed by atoms with Crippen LogP contribution in [0.25, 0.3) is 10.8 Å². The number of amides is 1. The summed E-state index contributed by atoms with van der Waals surface area (Å²) < 4.78 is 20.9. The van der Waals surface area contributed by atoms with Gasteiger partial charge in [0.25, 0.3) is 5.91 Å². The largest absolute Gasteiger partial charge is 0.496 e. The van der Waals surface area contributed by atoms with Gasteiger partial charge in [0, 0.05) is 11.8 Å². The molecule has 0 aliphatic carbocycles. The summed E-state index contributed by atoms with van der Waals surface area (Å²) in [4.78, 5) is 24.6. The average Bonchev–Trinajstić information content (AvgIpc) is 3.18. The lowest BCUT2D eigenvalue weighted by Gasteiger charge is -2.11. The van der Waals surface area contributed by atoms with Gasteiger partial charge in [0.2, 0.25) is 6.79 Å². The average molecular weight is 379 g/mol. The zero-order chi connectivity index (χ0) is 19.5. The molecule has 0 atom stereocenters. The topological polar surface area (TPSA) is 83.1 Å². The second-order valence-corrected chi connectivity index (χ2v) is 6.09. The third-order valence-corrected chi connectivity index (χ3v) is 4.28. The van der Waals surface area contributed by atoms with E-state index in [-0.39, 0.29) is 12.4 Å². The van der Waals surface area contributed by atoms with Crippen molar-refractivity contribution >= 4 is 28.3 Å². The molecule has 4 rings (SSSR count). The summed E-state index contributed by atoms with van der Waals surface area (Å²) >= 11 is 0. The van der Waals surface area contributed by atoms with Crippen LogP contribution < -0.4 is 19.5 Å². The highest BCUT2D eigenvalue weighted by Crippen LogP contribution is 2.34. The Balaban J connectivity index is 1.42. The van der Waals surface area contributed by atoms with E-state index in [1.54, 1.807) is 30.3 Å². The highest BCUT2D eigenvalue weighted by atomic mass is 16.7. The number of anilines is 1. The normalized spacial score (nSPS) is 11.9. The number of ether oxygens (including phenoxy) is 4.